The fourth-order valence-electron chi connectivity index (χ4n) is 2.93. The van der Waals surface area contributed by atoms with Gasteiger partial charge in [-0.15, -0.1) is 0 Å². The van der Waals surface area contributed by atoms with Gasteiger partial charge in [0, 0.05) is 23.0 Å². The molecular weight excluding hydrogens is 358 g/mol. The average Bonchev–Trinajstić information content (AvgIpc) is 2.99. The smallest absolute Gasteiger partial charge is 0.266 e. The molecule has 0 saturated carbocycles. The molecule has 0 bridgehead atoms. The normalized spacial score (nSPS) is 15.3. The largest absolute Gasteiger partial charge is 0.282 e. The maximum Gasteiger partial charge on any atom is 0.282 e. The molecule has 1 aromatic heterocycles. The molecule has 1 aliphatic rings. The first kappa shape index (κ1) is 17.2. The van der Waals surface area contributed by atoms with Gasteiger partial charge in [0.1, 0.15) is 11.5 Å². The Morgan fingerprint density at radius 1 is 1.00 bits per heavy atom. The van der Waals surface area contributed by atoms with E-state index in [1.165, 1.54) is 0 Å². The van der Waals surface area contributed by atoms with E-state index in [9.17, 15) is 4.79 Å². The number of hydrogen-bond acceptors (Lipinski definition) is 3. The zero-order chi connectivity index (χ0) is 18.8. The molecule has 0 saturated heterocycles. The van der Waals surface area contributed by atoms with E-state index in [4.69, 9.17) is 11.6 Å². The van der Waals surface area contributed by atoms with Crippen molar-refractivity contribution in [2.24, 2.45) is 4.99 Å². The van der Waals surface area contributed by atoms with Crippen molar-refractivity contribution in [1.29, 1.82) is 0 Å². The maximum atomic E-state index is 13.2. The van der Waals surface area contributed by atoms with Crippen LogP contribution in [-0.2, 0) is 4.79 Å². The van der Waals surface area contributed by atoms with Gasteiger partial charge in [-0.25, -0.2) is 4.99 Å². The molecule has 4 rings (SSSR count). The number of aromatic nitrogens is 1. The summed E-state index contributed by atoms with van der Waals surface area (Å²) in [7, 11) is 0. The lowest BCUT2D eigenvalue weighted by Gasteiger charge is -2.19. The molecule has 1 aliphatic heterocycles. The summed E-state index contributed by atoms with van der Waals surface area (Å²) < 4.78 is 0. The average molecular weight is 374 g/mol. The van der Waals surface area contributed by atoms with Crippen molar-refractivity contribution < 1.29 is 4.79 Å². The number of anilines is 1. The Hall–Kier alpha value is -3.24. The molecule has 132 valence electrons. The van der Waals surface area contributed by atoms with Gasteiger partial charge in [-0.2, -0.15) is 0 Å². The van der Waals surface area contributed by atoms with E-state index in [2.05, 4.69) is 9.98 Å². The predicted molar refractivity (Wildman–Crippen MR) is 109 cm³/mol. The molecule has 0 radical (unpaired) electrons. The fourth-order valence-corrected chi connectivity index (χ4v) is 3.06. The molecule has 5 heteroatoms. The summed E-state index contributed by atoms with van der Waals surface area (Å²) in [5, 5.41) is 0.637. The number of carbonyl (C=O) groups is 1. The van der Waals surface area contributed by atoms with Crippen LogP contribution in [0, 0.1) is 6.92 Å². The third kappa shape index (κ3) is 3.52. The molecule has 4 nitrogen and oxygen atoms in total. The Balaban J connectivity index is 1.84. The number of halogens is 1. The Morgan fingerprint density at radius 3 is 2.44 bits per heavy atom. The number of aryl methyl sites for hydroxylation is 1. The first-order valence-electron chi connectivity index (χ1n) is 8.49. The molecule has 0 fully saturated rings. The van der Waals surface area contributed by atoms with Gasteiger partial charge in [0.25, 0.3) is 5.91 Å². The zero-order valence-electron chi connectivity index (χ0n) is 14.6. The third-order valence-corrected chi connectivity index (χ3v) is 4.48. The summed E-state index contributed by atoms with van der Waals surface area (Å²) in [5.74, 6) is 0.421. The van der Waals surface area contributed by atoms with Crippen molar-refractivity contribution in [2.45, 2.75) is 6.92 Å². The zero-order valence-corrected chi connectivity index (χ0v) is 15.4. The van der Waals surface area contributed by atoms with Crippen LogP contribution < -0.4 is 4.90 Å². The summed E-state index contributed by atoms with van der Waals surface area (Å²) in [6.07, 6.45) is 5.15. The first-order valence-corrected chi connectivity index (χ1v) is 8.87. The highest BCUT2D eigenvalue weighted by atomic mass is 35.5. The molecule has 1 amide bonds. The van der Waals surface area contributed by atoms with Crippen LogP contribution >= 0.6 is 11.6 Å². The van der Waals surface area contributed by atoms with E-state index in [0.717, 1.165) is 22.4 Å². The predicted octanol–water partition coefficient (Wildman–Crippen LogP) is 4.88. The number of carbonyl (C=O) groups excluding carboxylic acids is 1. The highest BCUT2D eigenvalue weighted by Crippen LogP contribution is 2.28. The molecule has 0 aliphatic carbocycles. The highest BCUT2D eigenvalue weighted by Gasteiger charge is 2.32. The van der Waals surface area contributed by atoms with E-state index < -0.39 is 0 Å². The van der Waals surface area contributed by atoms with Gasteiger partial charge in [-0.1, -0.05) is 23.7 Å². The monoisotopic (exact) mass is 373 g/mol. The summed E-state index contributed by atoms with van der Waals surface area (Å²) >= 11 is 6.02. The second-order valence-corrected chi connectivity index (χ2v) is 6.67. The van der Waals surface area contributed by atoms with E-state index in [1.807, 2.05) is 55.5 Å². The van der Waals surface area contributed by atoms with E-state index >= 15 is 0 Å². The van der Waals surface area contributed by atoms with Crippen LogP contribution in [0.2, 0.25) is 5.02 Å². The molecule has 0 atom stereocenters. The van der Waals surface area contributed by atoms with Gasteiger partial charge < -0.3 is 0 Å². The highest BCUT2D eigenvalue weighted by molar-refractivity contribution is 6.34. The minimum absolute atomic E-state index is 0.164. The van der Waals surface area contributed by atoms with Gasteiger partial charge in [0.2, 0.25) is 0 Å². The number of nitrogens with zero attached hydrogens (tertiary/aromatic N) is 3. The second-order valence-electron chi connectivity index (χ2n) is 6.23. The number of hydrogen-bond donors (Lipinski definition) is 0. The number of rotatable bonds is 3. The van der Waals surface area contributed by atoms with Crippen LogP contribution in [0.15, 0.2) is 83.7 Å². The van der Waals surface area contributed by atoms with Gasteiger partial charge in [0.15, 0.2) is 0 Å². The SMILES string of the molecule is Cc1cccc(N2C(=O)/C(=C\c3ccncc3)N=C2c2ccc(Cl)cc2)c1. The lowest BCUT2D eigenvalue weighted by Crippen LogP contribution is -2.32. The standard InChI is InChI=1S/C22H16ClN3O/c1-15-3-2-4-19(13-15)26-21(17-5-7-18(23)8-6-17)25-20(22(26)27)14-16-9-11-24-12-10-16/h2-14H,1H3/b20-14+. The van der Waals surface area contributed by atoms with E-state index in [1.54, 1.807) is 35.5 Å². The van der Waals surface area contributed by atoms with Crippen molar-refractivity contribution in [3.8, 4) is 0 Å². The first-order chi connectivity index (χ1) is 13.1. The number of benzene rings is 2. The number of amides is 1. The van der Waals surface area contributed by atoms with Gasteiger partial charge in [-0.05, 0) is 72.7 Å². The summed E-state index contributed by atoms with van der Waals surface area (Å²) in [5.41, 5.74) is 3.94. The Labute approximate surface area is 162 Å². The maximum absolute atomic E-state index is 13.2. The molecule has 0 unspecified atom stereocenters. The summed E-state index contributed by atoms with van der Waals surface area (Å²) in [4.78, 5) is 23.5. The van der Waals surface area contributed by atoms with Crippen LogP contribution in [0.3, 0.4) is 0 Å². The Morgan fingerprint density at radius 2 is 1.74 bits per heavy atom. The lowest BCUT2D eigenvalue weighted by atomic mass is 10.1. The fraction of sp³-hybridized carbons (Fsp3) is 0.0455. The van der Waals surface area contributed by atoms with Crippen LogP contribution in [0.1, 0.15) is 16.7 Å². The molecule has 0 spiro atoms. The number of aliphatic imine (C=N–C) groups is 1. The summed E-state index contributed by atoms with van der Waals surface area (Å²) in [6.45, 7) is 2.00. The number of pyridine rings is 1. The van der Waals surface area contributed by atoms with Crippen molar-refractivity contribution in [1.82, 2.24) is 4.98 Å². The molecular formula is C22H16ClN3O. The van der Waals surface area contributed by atoms with Crippen LogP contribution in [0.5, 0.6) is 0 Å². The number of amidine groups is 1. The van der Waals surface area contributed by atoms with Crippen molar-refractivity contribution >= 4 is 35.1 Å². The van der Waals surface area contributed by atoms with Crippen molar-refractivity contribution in [3.05, 3.63) is 100 Å². The van der Waals surface area contributed by atoms with Gasteiger partial charge >= 0.3 is 0 Å². The minimum Gasteiger partial charge on any atom is -0.266 e. The minimum atomic E-state index is -0.164. The van der Waals surface area contributed by atoms with Crippen LogP contribution in [-0.4, -0.2) is 16.7 Å². The van der Waals surface area contributed by atoms with E-state index in [-0.39, 0.29) is 5.91 Å². The molecule has 2 heterocycles. The Bertz CT molecular complexity index is 1060. The quantitative estimate of drug-likeness (QED) is 0.614. The topological polar surface area (TPSA) is 45.6 Å². The van der Waals surface area contributed by atoms with E-state index in [0.29, 0.717) is 16.6 Å². The van der Waals surface area contributed by atoms with Gasteiger partial charge in [0.05, 0.1) is 5.69 Å². The van der Waals surface area contributed by atoms with Crippen molar-refractivity contribution in [3.63, 3.8) is 0 Å². The lowest BCUT2D eigenvalue weighted by molar-refractivity contribution is -0.113. The van der Waals surface area contributed by atoms with Crippen LogP contribution in [0.25, 0.3) is 6.08 Å². The molecule has 3 aromatic rings. The van der Waals surface area contributed by atoms with Gasteiger partial charge in [-0.3, -0.25) is 14.7 Å². The second kappa shape index (κ2) is 7.17. The molecule has 0 N–H and O–H groups in total. The Kier molecular flexibility index (Phi) is 4.57. The van der Waals surface area contributed by atoms with Crippen molar-refractivity contribution in [2.75, 3.05) is 4.90 Å². The van der Waals surface area contributed by atoms with Crippen LogP contribution in [0.4, 0.5) is 5.69 Å². The molecule has 2 aromatic carbocycles. The molecule has 27 heavy (non-hydrogen) atoms. The third-order valence-electron chi connectivity index (χ3n) is 4.23. The summed E-state index contributed by atoms with van der Waals surface area (Å²) in [6, 6.07) is 18.8.